The van der Waals surface area contributed by atoms with Crippen LogP contribution in [-0.4, -0.2) is 90.4 Å². The van der Waals surface area contributed by atoms with Crippen molar-refractivity contribution in [1.29, 1.82) is 0 Å². The lowest BCUT2D eigenvalue weighted by Gasteiger charge is -2.44. The smallest absolute Gasteiger partial charge is 0.344 e. The average molecular weight is 767 g/mol. The van der Waals surface area contributed by atoms with Crippen molar-refractivity contribution in [1.82, 2.24) is 19.6 Å². The number of carbonyl (C=O) groups excluding carboxylic acids is 1. The third kappa shape index (κ3) is 11.4. The number of amides is 1. The zero-order valence-electron chi connectivity index (χ0n) is 29.4. The second-order valence-corrected chi connectivity index (χ2v) is 13.9. The van der Waals surface area contributed by atoms with E-state index >= 15 is 0 Å². The molecule has 3 aliphatic rings. The quantitative estimate of drug-likeness (QED) is 0.153. The first-order chi connectivity index (χ1) is 23.3. The van der Waals surface area contributed by atoms with E-state index < -0.39 is 29.5 Å². The van der Waals surface area contributed by atoms with E-state index in [4.69, 9.17) is 4.99 Å². The normalized spacial score (nSPS) is 19.1. The Morgan fingerprint density at radius 1 is 0.784 bits per heavy atom. The SMILES string of the molecule is CN(CCc1cc(C(F)(F)F)cc(C(F)(F)F)c1)C(=O)[C@H](c1ccccc1)N1CCN(C(=NC2CCCCC2)N(C)C2CCCCC2)CC1.Cl.Cl. The van der Waals surface area contributed by atoms with Gasteiger partial charge in [0.05, 0.1) is 17.2 Å². The number of aliphatic imine (C=N–C) groups is 1. The molecule has 1 heterocycles. The second kappa shape index (κ2) is 18.9. The van der Waals surface area contributed by atoms with Crippen LogP contribution in [0, 0.1) is 0 Å². The van der Waals surface area contributed by atoms with Gasteiger partial charge in [-0.2, -0.15) is 26.3 Å². The molecule has 5 rings (SSSR count). The van der Waals surface area contributed by atoms with Gasteiger partial charge in [0.15, 0.2) is 5.96 Å². The van der Waals surface area contributed by atoms with Crippen LogP contribution in [0.15, 0.2) is 53.5 Å². The molecular weight excluding hydrogens is 715 g/mol. The van der Waals surface area contributed by atoms with Crippen molar-refractivity contribution in [3.63, 3.8) is 0 Å². The molecule has 1 amide bonds. The monoisotopic (exact) mass is 765 g/mol. The fourth-order valence-corrected chi connectivity index (χ4v) is 7.51. The number of piperazine rings is 1. The van der Waals surface area contributed by atoms with E-state index in [0.717, 1.165) is 49.3 Å². The Labute approximate surface area is 310 Å². The number of guanidine groups is 1. The third-order valence-corrected chi connectivity index (χ3v) is 10.4. The van der Waals surface area contributed by atoms with Crippen LogP contribution in [0.25, 0.3) is 0 Å². The molecule has 2 aromatic rings. The molecule has 14 heteroatoms. The van der Waals surface area contributed by atoms with Crippen LogP contribution >= 0.6 is 24.8 Å². The number of nitrogens with zero attached hydrogens (tertiary/aromatic N) is 5. The number of carbonyl (C=O) groups is 1. The number of benzene rings is 2. The highest BCUT2D eigenvalue weighted by Crippen LogP contribution is 2.37. The van der Waals surface area contributed by atoms with Crippen LogP contribution in [0.2, 0.25) is 0 Å². The van der Waals surface area contributed by atoms with Crippen molar-refractivity contribution in [2.75, 3.05) is 46.8 Å². The molecule has 6 nitrogen and oxygen atoms in total. The van der Waals surface area contributed by atoms with Crippen LogP contribution in [0.3, 0.4) is 0 Å². The van der Waals surface area contributed by atoms with Gasteiger partial charge >= 0.3 is 12.4 Å². The van der Waals surface area contributed by atoms with Crippen molar-refractivity contribution < 1.29 is 31.1 Å². The van der Waals surface area contributed by atoms with Gasteiger partial charge < -0.3 is 14.7 Å². The third-order valence-electron chi connectivity index (χ3n) is 10.4. The van der Waals surface area contributed by atoms with Crippen molar-refractivity contribution in [3.8, 4) is 0 Å². The molecule has 51 heavy (non-hydrogen) atoms. The van der Waals surface area contributed by atoms with Gasteiger partial charge in [0.25, 0.3) is 0 Å². The zero-order chi connectivity index (χ0) is 35.2. The van der Waals surface area contributed by atoms with E-state index in [0.29, 0.717) is 38.3 Å². The van der Waals surface area contributed by atoms with Gasteiger partial charge in [-0.1, -0.05) is 68.9 Å². The predicted molar refractivity (Wildman–Crippen MR) is 194 cm³/mol. The molecule has 0 N–H and O–H groups in total. The second-order valence-electron chi connectivity index (χ2n) is 13.9. The van der Waals surface area contributed by atoms with E-state index in [1.165, 1.54) is 43.4 Å². The van der Waals surface area contributed by atoms with E-state index in [2.05, 4.69) is 21.7 Å². The molecule has 1 aliphatic heterocycles. The summed E-state index contributed by atoms with van der Waals surface area (Å²) in [7, 11) is 3.73. The number of hydrogen-bond acceptors (Lipinski definition) is 3. The summed E-state index contributed by atoms with van der Waals surface area (Å²) in [5.41, 5.74) is -2.04. The topological polar surface area (TPSA) is 42.4 Å². The predicted octanol–water partition coefficient (Wildman–Crippen LogP) is 8.88. The lowest BCUT2D eigenvalue weighted by molar-refractivity contribution is -0.143. The van der Waals surface area contributed by atoms with Gasteiger partial charge in [0.2, 0.25) is 5.91 Å². The summed E-state index contributed by atoms with van der Waals surface area (Å²) in [5, 5.41) is 0. The van der Waals surface area contributed by atoms with Gasteiger partial charge in [-0.25, -0.2) is 4.99 Å². The molecule has 0 aromatic heterocycles. The minimum Gasteiger partial charge on any atom is -0.344 e. The minimum atomic E-state index is -4.93. The van der Waals surface area contributed by atoms with Crippen LogP contribution < -0.4 is 0 Å². The summed E-state index contributed by atoms with van der Waals surface area (Å²) in [6, 6.07) is 11.1. The fraction of sp³-hybridized carbons (Fsp3) is 0.622. The molecule has 0 unspecified atom stereocenters. The molecule has 0 radical (unpaired) electrons. The Morgan fingerprint density at radius 3 is 1.84 bits per heavy atom. The van der Waals surface area contributed by atoms with Crippen LogP contribution in [0.4, 0.5) is 26.3 Å². The van der Waals surface area contributed by atoms with Gasteiger partial charge in [-0.05, 0) is 61.4 Å². The maximum Gasteiger partial charge on any atom is 0.416 e. The summed E-state index contributed by atoms with van der Waals surface area (Å²) >= 11 is 0. The lowest BCUT2D eigenvalue weighted by atomic mass is 9.94. The van der Waals surface area contributed by atoms with Crippen molar-refractivity contribution in [2.45, 2.75) is 101 Å². The maximum atomic E-state index is 14.1. The maximum absolute atomic E-state index is 14.1. The summed E-state index contributed by atoms with van der Waals surface area (Å²) in [6.07, 6.45) is 1.93. The number of alkyl halides is 6. The molecule has 3 fully saturated rings. The number of rotatable bonds is 8. The molecule has 1 saturated heterocycles. The highest BCUT2D eigenvalue weighted by atomic mass is 35.5. The Balaban J connectivity index is 0.00000351. The highest BCUT2D eigenvalue weighted by Gasteiger charge is 2.38. The van der Waals surface area contributed by atoms with Crippen molar-refractivity contribution in [3.05, 3.63) is 70.8 Å². The first kappa shape index (κ1) is 42.7. The molecule has 2 saturated carbocycles. The molecule has 2 aliphatic carbocycles. The zero-order valence-corrected chi connectivity index (χ0v) is 31.0. The Bertz CT molecular complexity index is 1370. The summed E-state index contributed by atoms with van der Waals surface area (Å²) in [4.78, 5) is 27.8. The van der Waals surface area contributed by atoms with Crippen LogP contribution in [-0.2, 0) is 23.6 Å². The summed E-state index contributed by atoms with van der Waals surface area (Å²) in [5.74, 6) is 0.801. The molecular formula is C37H51Cl2F6N5O. The highest BCUT2D eigenvalue weighted by molar-refractivity contribution is 5.86. The van der Waals surface area contributed by atoms with Crippen LogP contribution in [0.5, 0.6) is 0 Å². The van der Waals surface area contributed by atoms with E-state index in [1.54, 1.807) is 7.05 Å². The summed E-state index contributed by atoms with van der Waals surface area (Å²) in [6.45, 7) is 2.54. The van der Waals surface area contributed by atoms with E-state index in [-0.39, 0.29) is 55.3 Å². The summed E-state index contributed by atoms with van der Waals surface area (Å²) < 4.78 is 80.7. The molecule has 0 spiro atoms. The van der Waals surface area contributed by atoms with Gasteiger partial charge in [-0.15, -0.1) is 24.8 Å². The first-order valence-electron chi connectivity index (χ1n) is 17.7. The van der Waals surface area contributed by atoms with E-state index in [1.807, 2.05) is 30.3 Å². The largest absolute Gasteiger partial charge is 0.416 e. The molecule has 0 bridgehead atoms. The number of halogens is 8. The first-order valence-corrected chi connectivity index (χ1v) is 17.7. The van der Waals surface area contributed by atoms with Gasteiger partial charge in [0, 0.05) is 52.9 Å². The Morgan fingerprint density at radius 2 is 1.31 bits per heavy atom. The molecule has 286 valence electrons. The Hall–Kier alpha value is -2.70. The molecule has 2 aromatic carbocycles. The minimum absolute atomic E-state index is 0. The van der Waals surface area contributed by atoms with Crippen LogP contribution in [0.1, 0.15) is 92.5 Å². The van der Waals surface area contributed by atoms with Gasteiger partial charge in [0.1, 0.15) is 6.04 Å². The number of hydrogen-bond donors (Lipinski definition) is 0. The fourth-order valence-electron chi connectivity index (χ4n) is 7.51. The lowest BCUT2D eigenvalue weighted by Crippen LogP contribution is -2.57. The van der Waals surface area contributed by atoms with Crippen molar-refractivity contribution in [2.24, 2.45) is 4.99 Å². The molecule has 1 atom stereocenters. The number of likely N-dealkylation sites (N-methyl/N-ethyl adjacent to an activating group) is 1. The van der Waals surface area contributed by atoms with E-state index in [9.17, 15) is 31.1 Å². The standard InChI is InChI=1S/C37H49F6N5O.2ClH/c1-45(19-18-27-24-29(36(38,39)40)26-30(25-27)37(41,42)43)34(49)33(28-12-6-3-7-13-28)47-20-22-48(23-21-47)35(44-31-14-8-4-9-15-31)46(2)32-16-10-5-11-17-32;;/h3,6-7,12-13,24-26,31-33H,4-5,8-11,14-23H2,1-2H3;2*1H/t33-;;/m0../s1. The van der Waals surface area contributed by atoms with Crippen molar-refractivity contribution >= 4 is 36.7 Å². The average Bonchev–Trinajstić information content (AvgIpc) is 3.10. The van der Waals surface area contributed by atoms with Gasteiger partial charge in [-0.3, -0.25) is 9.69 Å². The Kier molecular flexibility index (Phi) is 15.8.